The van der Waals surface area contributed by atoms with E-state index < -0.39 is 0 Å². The van der Waals surface area contributed by atoms with Crippen LogP contribution in [0.5, 0.6) is 0 Å². The molecule has 0 atom stereocenters. The van der Waals surface area contributed by atoms with Crippen LogP contribution in [0.3, 0.4) is 0 Å². The van der Waals surface area contributed by atoms with E-state index in [1.54, 1.807) is 11.3 Å². The molecule has 2 rings (SSSR count). The van der Waals surface area contributed by atoms with Gasteiger partial charge in [0.1, 0.15) is 0 Å². The molecule has 2 N–H and O–H groups in total. The van der Waals surface area contributed by atoms with Crippen LogP contribution in [-0.2, 0) is 11.2 Å². The molecule has 0 unspecified atom stereocenters. The second-order valence-electron chi connectivity index (χ2n) is 5.45. The predicted octanol–water partition coefficient (Wildman–Crippen LogP) is 2.33. The second-order valence-corrected chi connectivity index (χ2v) is 8.00. The molecule has 1 saturated heterocycles. The van der Waals surface area contributed by atoms with E-state index in [0.717, 1.165) is 71.3 Å². The summed E-state index contributed by atoms with van der Waals surface area (Å²) < 4.78 is 6.56. The van der Waals surface area contributed by atoms with Crippen molar-refractivity contribution in [1.29, 1.82) is 0 Å². The Kier molecular flexibility index (Phi) is 8.96. The van der Waals surface area contributed by atoms with Gasteiger partial charge in [-0.2, -0.15) is 0 Å². The molecule has 0 aromatic carbocycles. The Morgan fingerprint density at radius 1 is 1.35 bits per heavy atom. The fraction of sp³-hybridized carbons (Fsp3) is 0.688. The molecule has 2 heterocycles. The van der Waals surface area contributed by atoms with Crippen molar-refractivity contribution in [2.24, 2.45) is 4.99 Å². The third-order valence-corrected chi connectivity index (χ3v) is 5.33. The van der Waals surface area contributed by atoms with Crippen LogP contribution in [0.25, 0.3) is 0 Å². The molecule has 0 amide bonds. The lowest BCUT2D eigenvalue weighted by molar-refractivity contribution is 0.0377. The molecule has 1 aliphatic heterocycles. The van der Waals surface area contributed by atoms with Crippen LogP contribution in [-0.4, -0.2) is 63.3 Å². The van der Waals surface area contributed by atoms with Gasteiger partial charge in [0.15, 0.2) is 5.96 Å². The molecule has 0 radical (unpaired) electrons. The van der Waals surface area contributed by atoms with E-state index >= 15 is 0 Å². The normalized spacial score (nSPS) is 16.5. The molecule has 5 nitrogen and oxygen atoms in total. The quantitative estimate of drug-likeness (QED) is 0.398. The lowest BCUT2D eigenvalue weighted by atomic mass is 10.3. The summed E-state index contributed by atoms with van der Waals surface area (Å²) in [4.78, 5) is 8.50. The predicted molar refractivity (Wildman–Crippen MR) is 102 cm³/mol. The molecule has 0 spiro atoms. The maximum atomic E-state index is 5.37. The van der Waals surface area contributed by atoms with Gasteiger partial charge in [0, 0.05) is 44.1 Å². The van der Waals surface area contributed by atoms with Gasteiger partial charge in [-0.1, -0.05) is 0 Å². The summed E-state index contributed by atoms with van der Waals surface area (Å²) in [5.74, 6) is 0.921. The van der Waals surface area contributed by atoms with Crippen LogP contribution in [0.1, 0.15) is 18.2 Å². The topological polar surface area (TPSA) is 48.9 Å². The highest BCUT2D eigenvalue weighted by molar-refractivity contribution is 9.11. The standard InChI is InChI=1S/C16H27BrN4OS/c1-2-18-16(20-8-6-14-4-5-15(17)23-14)19-7-3-9-21-10-12-22-13-11-21/h4-5H,2-3,6-13H2,1H3,(H2,18,19,20). The summed E-state index contributed by atoms with van der Waals surface area (Å²) in [6.45, 7) is 9.70. The number of hydrogen-bond acceptors (Lipinski definition) is 4. The van der Waals surface area contributed by atoms with Crippen molar-refractivity contribution in [3.8, 4) is 0 Å². The van der Waals surface area contributed by atoms with E-state index in [1.807, 2.05) is 0 Å². The summed E-state index contributed by atoms with van der Waals surface area (Å²) in [5, 5.41) is 6.73. The number of thiophene rings is 1. The van der Waals surface area contributed by atoms with E-state index in [2.05, 4.69) is 55.5 Å². The fourth-order valence-electron chi connectivity index (χ4n) is 2.44. The summed E-state index contributed by atoms with van der Waals surface area (Å²) >= 11 is 5.29. The van der Waals surface area contributed by atoms with Gasteiger partial charge in [-0.15, -0.1) is 11.3 Å². The van der Waals surface area contributed by atoms with E-state index in [4.69, 9.17) is 4.74 Å². The molecular formula is C16H27BrN4OS. The third kappa shape index (κ3) is 7.65. The van der Waals surface area contributed by atoms with Crippen LogP contribution in [0.15, 0.2) is 20.9 Å². The summed E-state index contributed by atoms with van der Waals surface area (Å²) in [7, 11) is 0. The first-order valence-electron chi connectivity index (χ1n) is 8.34. The van der Waals surface area contributed by atoms with Crippen molar-refractivity contribution in [1.82, 2.24) is 15.5 Å². The summed E-state index contributed by atoms with van der Waals surface area (Å²) in [6.07, 6.45) is 2.11. The minimum Gasteiger partial charge on any atom is -0.379 e. The summed E-state index contributed by atoms with van der Waals surface area (Å²) in [5.41, 5.74) is 0. The zero-order chi connectivity index (χ0) is 16.3. The first-order valence-corrected chi connectivity index (χ1v) is 9.95. The first kappa shape index (κ1) is 18.7. The highest BCUT2D eigenvalue weighted by Gasteiger charge is 2.09. The minimum absolute atomic E-state index is 0.858. The highest BCUT2D eigenvalue weighted by atomic mass is 79.9. The monoisotopic (exact) mass is 402 g/mol. The Bertz CT molecular complexity index is 474. The number of ether oxygens (including phenoxy) is 1. The lowest BCUT2D eigenvalue weighted by Crippen LogP contribution is -2.39. The average molecular weight is 403 g/mol. The Morgan fingerprint density at radius 2 is 2.17 bits per heavy atom. The SMILES string of the molecule is CCNC(=NCCCN1CCOCC1)NCCc1ccc(Br)s1. The largest absolute Gasteiger partial charge is 0.379 e. The fourth-order valence-corrected chi connectivity index (χ4v) is 3.92. The third-order valence-electron chi connectivity index (χ3n) is 3.64. The molecule has 1 fully saturated rings. The van der Waals surface area contributed by atoms with Crippen molar-refractivity contribution < 1.29 is 4.74 Å². The number of morpholine rings is 1. The van der Waals surface area contributed by atoms with Gasteiger partial charge in [0.05, 0.1) is 17.0 Å². The Morgan fingerprint density at radius 3 is 2.87 bits per heavy atom. The Labute approximate surface area is 151 Å². The zero-order valence-corrected chi connectivity index (χ0v) is 16.2. The van der Waals surface area contributed by atoms with Crippen LogP contribution in [0.4, 0.5) is 0 Å². The Hall–Kier alpha value is -0.630. The summed E-state index contributed by atoms with van der Waals surface area (Å²) in [6, 6.07) is 4.27. The van der Waals surface area contributed by atoms with Gasteiger partial charge in [0.25, 0.3) is 0 Å². The van der Waals surface area contributed by atoms with E-state index in [0.29, 0.717) is 0 Å². The molecule has 0 saturated carbocycles. The van der Waals surface area contributed by atoms with Crippen molar-refractivity contribution >= 4 is 33.2 Å². The maximum absolute atomic E-state index is 5.37. The van der Waals surface area contributed by atoms with E-state index in [1.165, 1.54) is 8.66 Å². The lowest BCUT2D eigenvalue weighted by Gasteiger charge is -2.26. The van der Waals surface area contributed by atoms with E-state index in [-0.39, 0.29) is 0 Å². The van der Waals surface area contributed by atoms with Gasteiger partial charge in [-0.3, -0.25) is 9.89 Å². The number of halogens is 1. The molecular weight excluding hydrogens is 376 g/mol. The highest BCUT2D eigenvalue weighted by Crippen LogP contribution is 2.21. The van der Waals surface area contributed by atoms with Gasteiger partial charge in [0.2, 0.25) is 0 Å². The minimum atomic E-state index is 0.858. The smallest absolute Gasteiger partial charge is 0.191 e. The number of nitrogens with zero attached hydrogens (tertiary/aromatic N) is 2. The van der Waals surface area contributed by atoms with Gasteiger partial charge >= 0.3 is 0 Å². The maximum Gasteiger partial charge on any atom is 0.191 e. The van der Waals surface area contributed by atoms with Crippen LogP contribution in [0.2, 0.25) is 0 Å². The Balaban J connectivity index is 1.64. The van der Waals surface area contributed by atoms with Crippen molar-refractivity contribution in [3.05, 3.63) is 20.8 Å². The van der Waals surface area contributed by atoms with Crippen LogP contribution >= 0.6 is 27.3 Å². The molecule has 7 heteroatoms. The van der Waals surface area contributed by atoms with Crippen LogP contribution in [0, 0.1) is 0 Å². The van der Waals surface area contributed by atoms with Crippen molar-refractivity contribution in [2.75, 3.05) is 52.5 Å². The molecule has 1 aliphatic rings. The number of rotatable bonds is 8. The first-order chi connectivity index (χ1) is 11.3. The van der Waals surface area contributed by atoms with Crippen molar-refractivity contribution in [2.45, 2.75) is 19.8 Å². The molecule has 1 aromatic heterocycles. The van der Waals surface area contributed by atoms with E-state index in [9.17, 15) is 0 Å². The van der Waals surface area contributed by atoms with Gasteiger partial charge < -0.3 is 15.4 Å². The molecule has 0 aliphatic carbocycles. The number of nitrogens with one attached hydrogen (secondary N) is 2. The number of guanidine groups is 1. The van der Waals surface area contributed by atoms with Crippen LogP contribution < -0.4 is 10.6 Å². The average Bonchev–Trinajstić information content (AvgIpc) is 2.98. The van der Waals surface area contributed by atoms with Gasteiger partial charge in [-0.25, -0.2) is 0 Å². The number of aliphatic imine (C=N–C) groups is 1. The number of hydrogen-bond donors (Lipinski definition) is 2. The zero-order valence-electron chi connectivity index (χ0n) is 13.8. The van der Waals surface area contributed by atoms with Gasteiger partial charge in [-0.05, 0) is 47.8 Å². The second kappa shape index (κ2) is 11.0. The molecule has 1 aromatic rings. The molecule has 130 valence electrons. The van der Waals surface area contributed by atoms with Crippen molar-refractivity contribution in [3.63, 3.8) is 0 Å². The molecule has 23 heavy (non-hydrogen) atoms. The molecule has 0 bridgehead atoms.